The fourth-order valence-corrected chi connectivity index (χ4v) is 2.53. The molecule has 0 unspecified atom stereocenters. The molecule has 0 saturated heterocycles. The molecule has 6 heteroatoms. The summed E-state index contributed by atoms with van der Waals surface area (Å²) in [6.07, 6.45) is 0.585. The molecule has 0 spiro atoms. The minimum atomic E-state index is -0.677. The van der Waals surface area contributed by atoms with Crippen molar-refractivity contribution in [2.24, 2.45) is 0 Å². The van der Waals surface area contributed by atoms with Crippen molar-refractivity contribution >= 4 is 17.7 Å². The van der Waals surface area contributed by atoms with Crippen molar-refractivity contribution in [3.8, 4) is 0 Å². The summed E-state index contributed by atoms with van der Waals surface area (Å²) in [5.41, 5.74) is 0.916. The lowest BCUT2D eigenvalue weighted by Crippen LogP contribution is -2.27. The first-order valence-electron chi connectivity index (χ1n) is 6.63. The number of thioether (sulfide) groups is 1. The van der Waals surface area contributed by atoms with Gasteiger partial charge in [-0.2, -0.15) is 0 Å². The van der Waals surface area contributed by atoms with E-state index in [9.17, 15) is 18.0 Å². The Balaban J connectivity index is 1.72. The van der Waals surface area contributed by atoms with Crippen LogP contribution in [0.3, 0.4) is 0 Å². The van der Waals surface area contributed by atoms with Gasteiger partial charge in [0.05, 0.1) is 5.75 Å². The topological polar surface area (TPSA) is 29.1 Å². The molecule has 0 bridgehead atoms. The van der Waals surface area contributed by atoms with Gasteiger partial charge in [0.2, 0.25) is 5.91 Å². The van der Waals surface area contributed by atoms with Crippen molar-refractivity contribution in [1.82, 2.24) is 5.32 Å². The van der Waals surface area contributed by atoms with Gasteiger partial charge in [-0.05, 0) is 36.2 Å². The number of hydrogen-bond donors (Lipinski definition) is 1. The van der Waals surface area contributed by atoms with Crippen LogP contribution in [0.4, 0.5) is 13.2 Å². The minimum absolute atomic E-state index is 0.0476. The van der Waals surface area contributed by atoms with Crippen LogP contribution in [0.15, 0.2) is 47.4 Å². The molecule has 1 amide bonds. The van der Waals surface area contributed by atoms with E-state index in [-0.39, 0.29) is 22.4 Å². The van der Waals surface area contributed by atoms with E-state index in [1.54, 1.807) is 12.1 Å². The van der Waals surface area contributed by atoms with Gasteiger partial charge >= 0.3 is 0 Å². The average molecular weight is 325 g/mol. The van der Waals surface area contributed by atoms with Gasteiger partial charge in [0.1, 0.15) is 17.5 Å². The SMILES string of the molecule is O=C(CSc1ccc(F)cc1F)NCCc1ccc(F)cc1. The van der Waals surface area contributed by atoms with Crippen LogP contribution in [0, 0.1) is 17.5 Å². The smallest absolute Gasteiger partial charge is 0.230 e. The Morgan fingerprint density at radius 3 is 2.36 bits per heavy atom. The molecule has 0 atom stereocenters. The number of carbonyl (C=O) groups excluding carboxylic acids is 1. The molecule has 116 valence electrons. The minimum Gasteiger partial charge on any atom is -0.355 e. The van der Waals surface area contributed by atoms with Crippen LogP contribution in [0.1, 0.15) is 5.56 Å². The number of nitrogens with one attached hydrogen (secondary N) is 1. The maximum Gasteiger partial charge on any atom is 0.230 e. The molecule has 0 saturated carbocycles. The number of amides is 1. The molecule has 2 aromatic rings. The Bertz CT molecular complexity index is 646. The molecule has 2 nitrogen and oxygen atoms in total. The Labute approximate surface area is 130 Å². The lowest BCUT2D eigenvalue weighted by molar-refractivity contribution is -0.118. The van der Waals surface area contributed by atoms with Crippen molar-refractivity contribution in [3.63, 3.8) is 0 Å². The van der Waals surface area contributed by atoms with Gasteiger partial charge in [-0.3, -0.25) is 4.79 Å². The van der Waals surface area contributed by atoms with E-state index in [4.69, 9.17) is 0 Å². The number of benzene rings is 2. The summed E-state index contributed by atoms with van der Waals surface area (Å²) in [6.45, 7) is 0.414. The fourth-order valence-electron chi connectivity index (χ4n) is 1.78. The Kier molecular flexibility index (Phi) is 5.89. The third-order valence-corrected chi connectivity index (χ3v) is 3.95. The summed E-state index contributed by atoms with van der Waals surface area (Å²) in [5.74, 6) is -1.82. The summed E-state index contributed by atoms with van der Waals surface area (Å²) in [5, 5.41) is 2.70. The molecule has 0 fully saturated rings. The zero-order valence-corrected chi connectivity index (χ0v) is 12.4. The predicted molar refractivity (Wildman–Crippen MR) is 80.2 cm³/mol. The Morgan fingerprint density at radius 1 is 1.00 bits per heavy atom. The second-order valence-corrected chi connectivity index (χ2v) is 5.61. The highest BCUT2D eigenvalue weighted by Gasteiger charge is 2.07. The van der Waals surface area contributed by atoms with Crippen molar-refractivity contribution in [3.05, 3.63) is 65.5 Å². The maximum atomic E-state index is 13.4. The van der Waals surface area contributed by atoms with E-state index < -0.39 is 11.6 Å². The van der Waals surface area contributed by atoms with E-state index in [2.05, 4.69) is 5.32 Å². The van der Waals surface area contributed by atoms with Crippen LogP contribution in [-0.2, 0) is 11.2 Å². The van der Waals surface area contributed by atoms with Crippen molar-refractivity contribution in [1.29, 1.82) is 0 Å². The van der Waals surface area contributed by atoms with Gasteiger partial charge in [0, 0.05) is 17.5 Å². The van der Waals surface area contributed by atoms with E-state index in [0.717, 1.165) is 29.5 Å². The highest BCUT2D eigenvalue weighted by atomic mass is 32.2. The van der Waals surface area contributed by atoms with Crippen molar-refractivity contribution in [2.75, 3.05) is 12.3 Å². The van der Waals surface area contributed by atoms with Gasteiger partial charge in [-0.15, -0.1) is 11.8 Å². The van der Waals surface area contributed by atoms with Gasteiger partial charge < -0.3 is 5.32 Å². The summed E-state index contributed by atoms with van der Waals surface area (Å²) >= 11 is 1.01. The van der Waals surface area contributed by atoms with Crippen LogP contribution < -0.4 is 5.32 Å². The number of carbonyl (C=O) groups is 1. The van der Waals surface area contributed by atoms with Gasteiger partial charge in [0.15, 0.2) is 0 Å². The first-order valence-corrected chi connectivity index (χ1v) is 7.62. The third-order valence-electron chi connectivity index (χ3n) is 2.90. The molecule has 1 N–H and O–H groups in total. The van der Waals surface area contributed by atoms with Gasteiger partial charge in [-0.25, -0.2) is 13.2 Å². The van der Waals surface area contributed by atoms with E-state index >= 15 is 0 Å². The normalized spacial score (nSPS) is 10.5. The summed E-state index contributed by atoms with van der Waals surface area (Å²) in [4.78, 5) is 11.9. The Morgan fingerprint density at radius 2 is 1.68 bits per heavy atom. The molecule has 22 heavy (non-hydrogen) atoms. The Hall–Kier alpha value is -1.95. The molecule has 2 aromatic carbocycles. The quantitative estimate of drug-likeness (QED) is 0.823. The molecule has 0 aliphatic rings. The fraction of sp³-hybridized carbons (Fsp3) is 0.188. The molecule has 0 heterocycles. The highest BCUT2D eigenvalue weighted by Crippen LogP contribution is 2.21. The highest BCUT2D eigenvalue weighted by molar-refractivity contribution is 8.00. The third kappa shape index (κ3) is 5.11. The summed E-state index contributed by atoms with van der Waals surface area (Å²) in [6, 6.07) is 9.29. The molecule has 2 rings (SSSR count). The zero-order valence-electron chi connectivity index (χ0n) is 11.6. The van der Waals surface area contributed by atoms with Crippen LogP contribution >= 0.6 is 11.8 Å². The van der Waals surface area contributed by atoms with E-state index in [1.807, 2.05) is 0 Å². The molecular weight excluding hydrogens is 311 g/mol. The summed E-state index contributed by atoms with van der Waals surface area (Å²) < 4.78 is 38.9. The van der Waals surface area contributed by atoms with Crippen LogP contribution in [0.5, 0.6) is 0 Å². The predicted octanol–water partition coefficient (Wildman–Crippen LogP) is 3.55. The lowest BCUT2D eigenvalue weighted by atomic mass is 10.1. The van der Waals surface area contributed by atoms with E-state index in [1.165, 1.54) is 18.2 Å². The molecule has 0 aliphatic carbocycles. The van der Waals surface area contributed by atoms with Crippen LogP contribution in [0.2, 0.25) is 0 Å². The van der Waals surface area contributed by atoms with Crippen LogP contribution in [-0.4, -0.2) is 18.2 Å². The molecule has 0 aliphatic heterocycles. The number of halogens is 3. The molecule has 0 radical (unpaired) electrons. The maximum absolute atomic E-state index is 13.4. The second kappa shape index (κ2) is 7.89. The van der Waals surface area contributed by atoms with Crippen molar-refractivity contribution in [2.45, 2.75) is 11.3 Å². The lowest BCUT2D eigenvalue weighted by Gasteiger charge is -2.06. The van der Waals surface area contributed by atoms with Gasteiger partial charge in [0.25, 0.3) is 0 Å². The average Bonchev–Trinajstić information content (AvgIpc) is 2.48. The first-order chi connectivity index (χ1) is 10.5. The van der Waals surface area contributed by atoms with E-state index in [0.29, 0.717) is 13.0 Å². The standard InChI is InChI=1S/C16H14F3NOS/c17-12-3-1-11(2-4-12)7-8-20-16(21)10-22-15-6-5-13(18)9-14(15)19/h1-6,9H,7-8,10H2,(H,20,21). The number of rotatable bonds is 6. The summed E-state index contributed by atoms with van der Waals surface area (Å²) in [7, 11) is 0. The van der Waals surface area contributed by atoms with Gasteiger partial charge in [-0.1, -0.05) is 12.1 Å². The van der Waals surface area contributed by atoms with Crippen molar-refractivity contribution < 1.29 is 18.0 Å². The second-order valence-electron chi connectivity index (χ2n) is 4.59. The molecular formula is C16H14F3NOS. The first kappa shape index (κ1) is 16.4. The zero-order chi connectivity index (χ0) is 15.9. The molecule has 0 aromatic heterocycles. The number of hydrogen-bond acceptors (Lipinski definition) is 2. The largest absolute Gasteiger partial charge is 0.355 e. The monoisotopic (exact) mass is 325 g/mol. The van der Waals surface area contributed by atoms with Crippen LogP contribution in [0.25, 0.3) is 0 Å².